The first-order valence-electron chi connectivity index (χ1n) is 7.13. The molecule has 2 aromatic carbocycles. The Morgan fingerprint density at radius 1 is 1.09 bits per heavy atom. The Kier molecular flexibility index (Phi) is 4.56. The maximum atomic E-state index is 5.83. The number of aromatic nitrogens is 3. The minimum absolute atomic E-state index is 0.393. The standard InChI is InChI=1S/C17H18N4S/c1-22-15-9-5-8-14(11-15)21-17(16(12-18)19-20-21)10-13-6-3-2-4-7-13/h2-9,11H,10,12,18H2,1H3. The molecule has 22 heavy (non-hydrogen) atoms. The molecule has 0 aliphatic rings. The van der Waals surface area contributed by atoms with Crippen LogP contribution < -0.4 is 5.73 Å². The van der Waals surface area contributed by atoms with E-state index in [1.165, 1.54) is 10.5 Å². The summed E-state index contributed by atoms with van der Waals surface area (Å²) in [5, 5.41) is 8.55. The number of nitrogens with two attached hydrogens (primary N) is 1. The van der Waals surface area contributed by atoms with Gasteiger partial charge in [-0.05, 0) is 30.0 Å². The van der Waals surface area contributed by atoms with E-state index in [9.17, 15) is 0 Å². The van der Waals surface area contributed by atoms with Crippen LogP contribution in [0.2, 0.25) is 0 Å². The van der Waals surface area contributed by atoms with Crippen molar-refractivity contribution >= 4 is 11.8 Å². The van der Waals surface area contributed by atoms with Crippen molar-refractivity contribution in [2.24, 2.45) is 5.73 Å². The summed E-state index contributed by atoms with van der Waals surface area (Å²) in [6.07, 6.45) is 2.83. The van der Waals surface area contributed by atoms with E-state index >= 15 is 0 Å². The van der Waals surface area contributed by atoms with Crippen molar-refractivity contribution in [1.82, 2.24) is 15.0 Å². The third kappa shape index (κ3) is 3.05. The van der Waals surface area contributed by atoms with Crippen LogP contribution in [0.25, 0.3) is 5.69 Å². The maximum Gasteiger partial charge on any atom is 0.100 e. The van der Waals surface area contributed by atoms with Gasteiger partial charge in [0.2, 0.25) is 0 Å². The number of hydrogen-bond acceptors (Lipinski definition) is 4. The van der Waals surface area contributed by atoms with Gasteiger partial charge in [0.15, 0.2) is 0 Å². The summed E-state index contributed by atoms with van der Waals surface area (Å²) in [5.74, 6) is 0. The van der Waals surface area contributed by atoms with Crippen molar-refractivity contribution in [2.45, 2.75) is 17.9 Å². The summed E-state index contributed by atoms with van der Waals surface area (Å²) < 4.78 is 1.90. The summed E-state index contributed by atoms with van der Waals surface area (Å²) in [6, 6.07) is 18.6. The van der Waals surface area contributed by atoms with Crippen LogP contribution in [0.15, 0.2) is 59.5 Å². The minimum Gasteiger partial charge on any atom is -0.325 e. The van der Waals surface area contributed by atoms with Gasteiger partial charge in [-0.2, -0.15) is 0 Å². The molecule has 0 spiro atoms. The average Bonchev–Trinajstić information content (AvgIpc) is 2.98. The summed E-state index contributed by atoms with van der Waals surface area (Å²) in [4.78, 5) is 1.20. The molecule has 2 N–H and O–H groups in total. The van der Waals surface area contributed by atoms with Crippen LogP contribution in [0.3, 0.4) is 0 Å². The van der Waals surface area contributed by atoms with E-state index in [4.69, 9.17) is 5.73 Å². The molecule has 5 heteroatoms. The molecular weight excluding hydrogens is 292 g/mol. The van der Waals surface area contributed by atoms with Gasteiger partial charge in [0, 0.05) is 17.9 Å². The van der Waals surface area contributed by atoms with Crippen LogP contribution in [0.1, 0.15) is 17.0 Å². The topological polar surface area (TPSA) is 56.7 Å². The van der Waals surface area contributed by atoms with Crippen LogP contribution in [0, 0.1) is 0 Å². The highest BCUT2D eigenvalue weighted by Crippen LogP contribution is 2.21. The zero-order valence-electron chi connectivity index (χ0n) is 12.4. The largest absolute Gasteiger partial charge is 0.325 e. The quantitative estimate of drug-likeness (QED) is 0.736. The van der Waals surface area contributed by atoms with Gasteiger partial charge in [0.25, 0.3) is 0 Å². The second-order valence-electron chi connectivity index (χ2n) is 4.96. The average molecular weight is 310 g/mol. The Hall–Kier alpha value is -2.11. The highest BCUT2D eigenvalue weighted by molar-refractivity contribution is 7.98. The zero-order chi connectivity index (χ0) is 15.4. The summed E-state index contributed by atoms with van der Waals surface area (Å²) in [6.45, 7) is 0.393. The molecule has 0 saturated carbocycles. The molecule has 1 aromatic heterocycles. The number of benzene rings is 2. The fourth-order valence-corrected chi connectivity index (χ4v) is 2.86. The predicted octanol–water partition coefficient (Wildman–Crippen LogP) is 3.04. The second-order valence-corrected chi connectivity index (χ2v) is 5.84. The molecule has 3 aromatic rings. The van der Waals surface area contributed by atoms with E-state index < -0.39 is 0 Å². The highest BCUT2D eigenvalue weighted by atomic mass is 32.2. The van der Waals surface area contributed by atoms with Gasteiger partial charge in [-0.1, -0.05) is 41.6 Å². The van der Waals surface area contributed by atoms with Crippen molar-refractivity contribution in [3.05, 3.63) is 71.5 Å². The van der Waals surface area contributed by atoms with E-state index in [1.807, 2.05) is 35.0 Å². The second kappa shape index (κ2) is 6.77. The Labute approximate surface area is 134 Å². The lowest BCUT2D eigenvalue weighted by Gasteiger charge is -2.09. The SMILES string of the molecule is CSc1cccc(-n2nnc(CN)c2Cc2ccccc2)c1. The number of thioether (sulfide) groups is 1. The van der Waals surface area contributed by atoms with Crippen molar-refractivity contribution < 1.29 is 0 Å². The van der Waals surface area contributed by atoms with E-state index in [0.717, 1.165) is 23.5 Å². The number of hydrogen-bond donors (Lipinski definition) is 1. The molecule has 0 radical (unpaired) electrons. The molecule has 0 bridgehead atoms. The van der Waals surface area contributed by atoms with Crippen molar-refractivity contribution in [3.63, 3.8) is 0 Å². The Balaban J connectivity index is 2.03. The van der Waals surface area contributed by atoms with Crippen LogP contribution in [-0.4, -0.2) is 21.2 Å². The molecule has 0 fully saturated rings. The molecule has 0 amide bonds. The molecule has 0 atom stereocenters. The molecule has 0 aliphatic carbocycles. The van der Waals surface area contributed by atoms with Gasteiger partial charge < -0.3 is 5.73 Å². The third-order valence-electron chi connectivity index (χ3n) is 3.55. The van der Waals surface area contributed by atoms with Gasteiger partial charge in [0.1, 0.15) is 5.69 Å². The first-order valence-corrected chi connectivity index (χ1v) is 8.36. The van der Waals surface area contributed by atoms with Gasteiger partial charge in [-0.3, -0.25) is 0 Å². The maximum absolute atomic E-state index is 5.83. The lowest BCUT2D eigenvalue weighted by Crippen LogP contribution is -2.07. The Morgan fingerprint density at radius 2 is 1.91 bits per heavy atom. The number of nitrogens with zero attached hydrogens (tertiary/aromatic N) is 3. The monoisotopic (exact) mass is 310 g/mol. The zero-order valence-corrected chi connectivity index (χ0v) is 13.3. The van der Waals surface area contributed by atoms with Crippen molar-refractivity contribution in [3.8, 4) is 5.69 Å². The van der Waals surface area contributed by atoms with Crippen molar-refractivity contribution in [1.29, 1.82) is 0 Å². The number of rotatable bonds is 5. The van der Waals surface area contributed by atoms with E-state index in [2.05, 4.69) is 40.8 Å². The smallest absolute Gasteiger partial charge is 0.100 e. The fraction of sp³-hybridized carbons (Fsp3) is 0.176. The van der Waals surface area contributed by atoms with E-state index in [0.29, 0.717) is 6.54 Å². The molecule has 0 saturated heterocycles. The van der Waals surface area contributed by atoms with Crippen LogP contribution in [0.4, 0.5) is 0 Å². The first-order chi connectivity index (χ1) is 10.8. The lowest BCUT2D eigenvalue weighted by atomic mass is 10.1. The van der Waals surface area contributed by atoms with E-state index in [-0.39, 0.29) is 0 Å². The molecule has 112 valence electrons. The summed E-state index contributed by atoms with van der Waals surface area (Å²) in [5.41, 5.74) is 9.97. The normalized spacial score (nSPS) is 10.8. The van der Waals surface area contributed by atoms with Gasteiger partial charge in [-0.15, -0.1) is 16.9 Å². The van der Waals surface area contributed by atoms with Crippen LogP contribution in [0.5, 0.6) is 0 Å². The minimum atomic E-state index is 0.393. The fourth-order valence-electron chi connectivity index (χ4n) is 2.41. The van der Waals surface area contributed by atoms with Gasteiger partial charge in [0.05, 0.1) is 11.4 Å². The third-order valence-corrected chi connectivity index (χ3v) is 4.27. The molecule has 0 aliphatic heterocycles. The van der Waals surface area contributed by atoms with Gasteiger partial charge in [-0.25, -0.2) is 4.68 Å². The van der Waals surface area contributed by atoms with Crippen LogP contribution in [-0.2, 0) is 13.0 Å². The molecular formula is C17H18N4S. The van der Waals surface area contributed by atoms with Crippen molar-refractivity contribution in [2.75, 3.05) is 6.26 Å². The van der Waals surface area contributed by atoms with Gasteiger partial charge >= 0.3 is 0 Å². The Bertz CT molecular complexity index is 752. The summed E-state index contributed by atoms with van der Waals surface area (Å²) in [7, 11) is 0. The van der Waals surface area contributed by atoms with Crippen LogP contribution >= 0.6 is 11.8 Å². The molecule has 1 heterocycles. The summed E-state index contributed by atoms with van der Waals surface area (Å²) >= 11 is 1.71. The first kappa shape index (κ1) is 14.8. The predicted molar refractivity (Wildman–Crippen MR) is 90.3 cm³/mol. The lowest BCUT2D eigenvalue weighted by molar-refractivity contribution is 0.770. The van der Waals surface area contributed by atoms with E-state index in [1.54, 1.807) is 11.8 Å². The Morgan fingerprint density at radius 3 is 2.64 bits per heavy atom. The molecule has 4 nitrogen and oxygen atoms in total. The highest BCUT2D eigenvalue weighted by Gasteiger charge is 2.14. The molecule has 0 unspecified atom stereocenters. The molecule has 3 rings (SSSR count).